The highest BCUT2D eigenvalue weighted by atomic mass is 16.1. The molecule has 0 spiro atoms. The van der Waals surface area contributed by atoms with E-state index in [0.717, 1.165) is 30.7 Å². The molecule has 0 saturated heterocycles. The highest BCUT2D eigenvalue weighted by molar-refractivity contribution is 5.97. The number of allylic oxidation sites excluding steroid dienone is 2. The van der Waals surface area contributed by atoms with E-state index in [0.29, 0.717) is 12.1 Å². The van der Waals surface area contributed by atoms with Crippen molar-refractivity contribution in [1.82, 2.24) is 5.32 Å². The van der Waals surface area contributed by atoms with Gasteiger partial charge in [0.2, 0.25) is 0 Å². The molecule has 0 atom stereocenters. The lowest BCUT2D eigenvalue weighted by Crippen LogP contribution is -2.28. The summed E-state index contributed by atoms with van der Waals surface area (Å²) in [4.78, 5) is 11.2. The Morgan fingerprint density at radius 1 is 1.54 bits per heavy atom. The Labute approximate surface area is 78.7 Å². The summed E-state index contributed by atoms with van der Waals surface area (Å²) in [6, 6.07) is 0. The smallest absolute Gasteiger partial charge is 0.180 e. The third-order valence-electron chi connectivity index (χ3n) is 2.13. The molecule has 0 unspecified atom stereocenters. The average Bonchev–Trinajstić information content (AvgIpc) is 2.12. The number of Topliss-reactive ketones (excluding diaryl/α,β-unsaturated/α-hetero) is 1. The van der Waals surface area contributed by atoms with Crippen LogP contribution in [-0.2, 0) is 4.79 Å². The predicted molar refractivity (Wildman–Crippen MR) is 52.9 cm³/mol. The molecule has 72 valence electrons. The van der Waals surface area contributed by atoms with Gasteiger partial charge in [0.25, 0.3) is 0 Å². The van der Waals surface area contributed by atoms with Gasteiger partial charge < -0.3 is 11.1 Å². The molecule has 3 N–H and O–H groups in total. The van der Waals surface area contributed by atoms with Crippen LogP contribution in [0.15, 0.2) is 23.5 Å². The Morgan fingerprint density at radius 2 is 2.23 bits per heavy atom. The Morgan fingerprint density at radius 3 is 2.85 bits per heavy atom. The van der Waals surface area contributed by atoms with Crippen molar-refractivity contribution in [1.29, 1.82) is 0 Å². The number of hydrogen-bond donors (Lipinski definition) is 2. The van der Waals surface area contributed by atoms with Crippen molar-refractivity contribution in [2.45, 2.75) is 26.2 Å². The molecule has 13 heavy (non-hydrogen) atoms. The normalized spacial score (nSPS) is 17.9. The zero-order valence-corrected chi connectivity index (χ0v) is 8.02. The summed E-state index contributed by atoms with van der Waals surface area (Å²) in [5.74, 6) is 0.0333. The second-order valence-corrected chi connectivity index (χ2v) is 3.24. The molecule has 0 aromatic carbocycles. The maximum Gasteiger partial charge on any atom is 0.180 e. The van der Waals surface area contributed by atoms with Gasteiger partial charge in [0.1, 0.15) is 0 Å². The van der Waals surface area contributed by atoms with Crippen molar-refractivity contribution in [2.75, 3.05) is 6.54 Å². The monoisotopic (exact) mass is 180 g/mol. The lowest BCUT2D eigenvalue weighted by molar-refractivity contribution is -0.115. The van der Waals surface area contributed by atoms with Gasteiger partial charge in [0, 0.05) is 13.0 Å². The summed E-state index contributed by atoms with van der Waals surface area (Å²) in [5.41, 5.74) is 7.72. The molecule has 0 fully saturated rings. The maximum absolute atomic E-state index is 11.2. The van der Waals surface area contributed by atoms with Gasteiger partial charge in [0.05, 0.1) is 11.4 Å². The fraction of sp³-hybridized carbons (Fsp3) is 0.500. The minimum atomic E-state index is 0.0333. The summed E-state index contributed by atoms with van der Waals surface area (Å²) in [6.45, 7) is 6.78. The van der Waals surface area contributed by atoms with Crippen molar-refractivity contribution in [3.63, 3.8) is 0 Å². The quantitative estimate of drug-likeness (QED) is 0.683. The summed E-state index contributed by atoms with van der Waals surface area (Å²) in [5, 5.41) is 3.14. The highest BCUT2D eigenvalue weighted by Crippen LogP contribution is 2.21. The molecule has 0 bridgehead atoms. The van der Waals surface area contributed by atoms with Crippen LogP contribution < -0.4 is 11.1 Å². The summed E-state index contributed by atoms with van der Waals surface area (Å²) in [7, 11) is 0. The van der Waals surface area contributed by atoms with E-state index in [1.807, 2.05) is 0 Å². The second-order valence-electron chi connectivity index (χ2n) is 3.24. The van der Waals surface area contributed by atoms with Crippen LogP contribution >= 0.6 is 0 Å². The molecular weight excluding hydrogens is 164 g/mol. The van der Waals surface area contributed by atoms with E-state index in [-0.39, 0.29) is 5.78 Å². The van der Waals surface area contributed by atoms with Crippen LogP contribution in [0.5, 0.6) is 0 Å². The Bertz CT molecular complexity index is 266. The summed E-state index contributed by atoms with van der Waals surface area (Å²) in [6.07, 6.45) is 2.24. The first-order valence-corrected chi connectivity index (χ1v) is 4.61. The first-order valence-electron chi connectivity index (χ1n) is 4.61. The van der Waals surface area contributed by atoms with Crippen LogP contribution in [0, 0.1) is 0 Å². The first kappa shape index (κ1) is 9.84. The molecule has 0 amide bonds. The van der Waals surface area contributed by atoms with Gasteiger partial charge >= 0.3 is 0 Å². The van der Waals surface area contributed by atoms with E-state index in [1.54, 1.807) is 0 Å². The molecule has 0 aliphatic heterocycles. The van der Waals surface area contributed by atoms with Crippen LogP contribution in [0.4, 0.5) is 0 Å². The lowest BCUT2D eigenvalue weighted by Gasteiger charge is -2.19. The summed E-state index contributed by atoms with van der Waals surface area (Å²) < 4.78 is 0. The van der Waals surface area contributed by atoms with Crippen molar-refractivity contribution in [2.24, 2.45) is 5.73 Å². The van der Waals surface area contributed by atoms with Gasteiger partial charge in [-0.1, -0.05) is 13.5 Å². The Hall–Kier alpha value is -1.25. The molecule has 0 heterocycles. The highest BCUT2D eigenvalue weighted by Gasteiger charge is 2.19. The van der Waals surface area contributed by atoms with Gasteiger partial charge in [0.15, 0.2) is 5.78 Å². The molecule has 0 aromatic rings. The minimum absolute atomic E-state index is 0.0333. The van der Waals surface area contributed by atoms with Gasteiger partial charge in [-0.15, -0.1) is 0 Å². The minimum Gasteiger partial charge on any atom is -0.394 e. The third-order valence-corrected chi connectivity index (χ3v) is 2.13. The molecule has 0 saturated carbocycles. The average molecular weight is 180 g/mol. The predicted octanol–water partition coefficient (Wildman–Crippen LogP) is 1.08. The van der Waals surface area contributed by atoms with Gasteiger partial charge in [-0.05, 0) is 18.4 Å². The SMILES string of the molecule is C=C1CCC(=O)C(N)=C1NCCC. The van der Waals surface area contributed by atoms with E-state index >= 15 is 0 Å². The van der Waals surface area contributed by atoms with E-state index in [2.05, 4.69) is 18.8 Å². The standard InChI is InChI=1S/C10H16N2O/c1-3-6-12-10-7(2)4-5-8(13)9(10)11/h12H,2-6,11H2,1H3. The van der Waals surface area contributed by atoms with Crippen LogP contribution in [0.25, 0.3) is 0 Å². The Kier molecular flexibility index (Phi) is 3.12. The molecule has 3 nitrogen and oxygen atoms in total. The third kappa shape index (κ3) is 2.11. The molecule has 1 rings (SSSR count). The van der Waals surface area contributed by atoms with E-state index in [9.17, 15) is 4.79 Å². The van der Waals surface area contributed by atoms with Crippen molar-refractivity contribution in [3.8, 4) is 0 Å². The molecule has 0 aromatic heterocycles. The molecule has 0 radical (unpaired) electrons. The number of carbonyl (C=O) groups is 1. The maximum atomic E-state index is 11.2. The Balaban J connectivity index is 2.79. The fourth-order valence-electron chi connectivity index (χ4n) is 1.32. The van der Waals surface area contributed by atoms with Gasteiger partial charge in [-0.3, -0.25) is 4.79 Å². The zero-order chi connectivity index (χ0) is 9.84. The van der Waals surface area contributed by atoms with E-state index in [1.165, 1.54) is 0 Å². The summed E-state index contributed by atoms with van der Waals surface area (Å²) >= 11 is 0. The second kappa shape index (κ2) is 4.12. The topological polar surface area (TPSA) is 55.1 Å². The van der Waals surface area contributed by atoms with Crippen LogP contribution in [-0.4, -0.2) is 12.3 Å². The number of carbonyl (C=O) groups excluding carboxylic acids is 1. The van der Waals surface area contributed by atoms with Crippen LogP contribution in [0.3, 0.4) is 0 Å². The van der Waals surface area contributed by atoms with E-state index < -0.39 is 0 Å². The van der Waals surface area contributed by atoms with E-state index in [4.69, 9.17) is 5.73 Å². The number of hydrogen-bond acceptors (Lipinski definition) is 3. The van der Waals surface area contributed by atoms with Crippen LogP contribution in [0.2, 0.25) is 0 Å². The number of nitrogens with one attached hydrogen (secondary N) is 1. The number of nitrogens with two attached hydrogens (primary N) is 1. The van der Waals surface area contributed by atoms with Crippen LogP contribution in [0.1, 0.15) is 26.2 Å². The lowest BCUT2D eigenvalue weighted by atomic mass is 9.96. The molecule has 3 heteroatoms. The molecule has 1 aliphatic carbocycles. The molecule has 1 aliphatic rings. The number of rotatable bonds is 3. The first-order chi connectivity index (χ1) is 6.16. The van der Waals surface area contributed by atoms with Crippen molar-refractivity contribution < 1.29 is 4.79 Å². The largest absolute Gasteiger partial charge is 0.394 e. The van der Waals surface area contributed by atoms with Gasteiger partial charge in [-0.25, -0.2) is 0 Å². The van der Waals surface area contributed by atoms with Gasteiger partial charge in [-0.2, -0.15) is 0 Å². The zero-order valence-electron chi connectivity index (χ0n) is 8.02. The van der Waals surface area contributed by atoms with Crippen molar-refractivity contribution >= 4 is 5.78 Å². The molecular formula is C10H16N2O. The number of ketones is 1. The fourth-order valence-corrected chi connectivity index (χ4v) is 1.32. The van der Waals surface area contributed by atoms with Crippen molar-refractivity contribution in [3.05, 3.63) is 23.5 Å².